The molecule has 28 heavy (non-hydrogen) atoms. The fourth-order valence-electron chi connectivity index (χ4n) is 3.90. The molecule has 0 saturated heterocycles. The van der Waals surface area contributed by atoms with Gasteiger partial charge in [-0.2, -0.15) is 5.10 Å². The lowest BCUT2D eigenvalue weighted by atomic mass is 10.1. The van der Waals surface area contributed by atoms with Crippen molar-refractivity contribution in [3.63, 3.8) is 0 Å². The van der Waals surface area contributed by atoms with Crippen molar-refractivity contribution in [1.29, 1.82) is 0 Å². The molecular weight excluding hydrogens is 350 g/mol. The van der Waals surface area contributed by atoms with Crippen LogP contribution in [0.15, 0.2) is 36.7 Å². The first kappa shape index (κ1) is 16.8. The van der Waals surface area contributed by atoms with Gasteiger partial charge in [-0.15, -0.1) is 0 Å². The molecule has 7 heteroatoms. The van der Waals surface area contributed by atoms with E-state index in [1.54, 1.807) is 0 Å². The lowest BCUT2D eigenvalue weighted by Gasteiger charge is -2.02. The summed E-state index contributed by atoms with van der Waals surface area (Å²) >= 11 is 0. The van der Waals surface area contributed by atoms with E-state index in [-0.39, 0.29) is 5.92 Å². The SMILES string of the molecule is Cc1ncc(C)n2nc(CC(C)c3nc4c5ccc[nH]c5ccc4[n+]3C)nc12. The normalized spacial score (nSPS) is 13.0. The number of nitrogens with zero attached hydrogens (tertiary/aromatic N) is 6. The van der Waals surface area contributed by atoms with Gasteiger partial charge < -0.3 is 4.98 Å². The largest absolute Gasteiger partial charge is 0.361 e. The molecule has 0 aliphatic carbocycles. The summed E-state index contributed by atoms with van der Waals surface area (Å²) in [5.41, 5.74) is 5.95. The smallest absolute Gasteiger partial charge is 0.302 e. The third-order valence-electron chi connectivity index (χ3n) is 5.41. The van der Waals surface area contributed by atoms with Crippen molar-refractivity contribution in [1.82, 2.24) is 29.5 Å². The molecule has 0 amide bonds. The van der Waals surface area contributed by atoms with Gasteiger partial charge >= 0.3 is 5.82 Å². The van der Waals surface area contributed by atoms with Crippen molar-refractivity contribution >= 4 is 27.6 Å². The molecule has 7 nitrogen and oxygen atoms in total. The third kappa shape index (κ3) is 2.46. The summed E-state index contributed by atoms with van der Waals surface area (Å²) in [6.45, 7) is 6.14. The van der Waals surface area contributed by atoms with E-state index < -0.39 is 0 Å². The van der Waals surface area contributed by atoms with Crippen LogP contribution in [0.3, 0.4) is 0 Å². The summed E-state index contributed by atoms with van der Waals surface area (Å²) in [5, 5.41) is 5.83. The topological polar surface area (TPSA) is 75.6 Å². The number of aromatic amines is 1. The van der Waals surface area contributed by atoms with Crippen LogP contribution in [0, 0.1) is 13.8 Å². The van der Waals surface area contributed by atoms with E-state index in [1.807, 2.05) is 36.8 Å². The number of aryl methyl sites for hydroxylation is 3. The molecule has 5 aromatic rings. The zero-order chi connectivity index (χ0) is 19.4. The second-order valence-electron chi connectivity index (χ2n) is 7.45. The number of hydrogen-bond donors (Lipinski definition) is 1. The maximum absolute atomic E-state index is 4.99. The molecule has 0 aliphatic rings. The summed E-state index contributed by atoms with van der Waals surface area (Å²) in [4.78, 5) is 17.4. The van der Waals surface area contributed by atoms with E-state index in [1.165, 1.54) is 0 Å². The summed E-state index contributed by atoms with van der Waals surface area (Å²) in [6, 6.07) is 8.35. The van der Waals surface area contributed by atoms with Gasteiger partial charge in [0.15, 0.2) is 17.0 Å². The number of benzene rings is 1. The first-order valence-electron chi connectivity index (χ1n) is 9.46. The molecule has 0 bridgehead atoms. The van der Waals surface area contributed by atoms with Crippen LogP contribution in [0.25, 0.3) is 27.6 Å². The minimum absolute atomic E-state index is 0.186. The van der Waals surface area contributed by atoms with Crippen LogP contribution in [0.2, 0.25) is 0 Å². The lowest BCUT2D eigenvalue weighted by Crippen LogP contribution is -2.33. The Kier molecular flexibility index (Phi) is 3.65. The number of rotatable bonds is 3. The van der Waals surface area contributed by atoms with E-state index in [2.05, 4.69) is 46.7 Å². The third-order valence-corrected chi connectivity index (χ3v) is 5.41. The number of hydrogen-bond acceptors (Lipinski definition) is 4. The highest BCUT2D eigenvalue weighted by Crippen LogP contribution is 2.24. The van der Waals surface area contributed by atoms with Crippen LogP contribution in [-0.4, -0.2) is 29.5 Å². The average Bonchev–Trinajstić information content (AvgIpc) is 3.27. The highest BCUT2D eigenvalue weighted by atomic mass is 15.3. The second-order valence-corrected chi connectivity index (χ2v) is 7.45. The van der Waals surface area contributed by atoms with Gasteiger partial charge in [-0.3, -0.25) is 4.98 Å². The number of aromatic nitrogens is 7. The molecule has 5 rings (SSSR count). The van der Waals surface area contributed by atoms with Gasteiger partial charge in [0, 0.05) is 18.8 Å². The Morgan fingerprint density at radius 2 is 2.04 bits per heavy atom. The van der Waals surface area contributed by atoms with Gasteiger partial charge in [-0.05, 0) is 43.1 Å². The van der Waals surface area contributed by atoms with Gasteiger partial charge in [0.1, 0.15) is 0 Å². The fraction of sp³-hybridized carbons (Fsp3) is 0.286. The van der Waals surface area contributed by atoms with Crippen LogP contribution in [0.4, 0.5) is 0 Å². The molecule has 1 aromatic carbocycles. The molecule has 0 saturated carbocycles. The quantitative estimate of drug-likeness (QED) is 0.494. The van der Waals surface area contributed by atoms with Crippen LogP contribution in [-0.2, 0) is 13.5 Å². The first-order valence-corrected chi connectivity index (χ1v) is 9.46. The van der Waals surface area contributed by atoms with Crippen molar-refractivity contribution in [3.8, 4) is 0 Å². The van der Waals surface area contributed by atoms with Crippen LogP contribution >= 0.6 is 0 Å². The van der Waals surface area contributed by atoms with Crippen molar-refractivity contribution in [2.45, 2.75) is 33.1 Å². The van der Waals surface area contributed by atoms with Crippen molar-refractivity contribution in [2.75, 3.05) is 0 Å². The Labute approximate surface area is 162 Å². The summed E-state index contributed by atoms with van der Waals surface area (Å²) in [6.07, 6.45) is 4.49. The highest BCUT2D eigenvalue weighted by molar-refractivity contribution is 6.01. The predicted molar refractivity (Wildman–Crippen MR) is 107 cm³/mol. The Balaban J connectivity index is 1.57. The molecule has 4 heterocycles. The van der Waals surface area contributed by atoms with Gasteiger partial charge in [-0.1, -0.05) is 6.92 Å². The molecule has 0 fully saturated rings. The van der Waals surface area contributed by atoms with Crippen LogP contribution in [0.5, 0.6) is 0 Å². The van der Waals surface area contributed by atoms with E-state index in [9.17, 15) is 0 Å². The van der Waals surface area contributed by atoms with Gasteiger partial charge in [0.2, 0.25) is 5.52 Å². The van der Waals surface area contributed by atoms with Crippen molar-refractivity contribution < 1.29 is 4.57 Å². The van der Waals surface area contributed by atoms with E-state index in [4.69, 9.17) is 15.1 Å². The minimum atomic E-state index is 0.186. The molecule has 1 N–H and O–H groups in total. The predicted octanol–water partition coefficient (Wildman–Crippen LogP) is 2.94. The molecule has 1 unspecified atom stereocenters. The van der Waals surface area contributed by atoms with Crippen LogP contribution < -0.4 is 4.57 Å². The number of imidazole rings is 1. The second kappa shape index (κ2) is 6.09. The number of pyridine rings is 1. The summed E-state index contributed by atoms with van der Waals surface area (Å²) in [5.74, 6) is 2.04. The lowest BCUT2D eigenvalue weighted by molar-refractivity contribution is -0.654. The van der Waals surface area contributed by atoms with Gasteiger partial charge in [0.05, 0.1) is 35.3 Å². The fourth-order valence-corrected chi connectivity index (χ4v) is 3.90. The maximum atomic E-state index is 4.99. The van der Waals surface area contributed by atoms with Crippen LogP contribution in [0.1, 0.15) is 35.9 Å². The Morgan fingerprint density at radius 1 is 1.18 bits per heavy atom. The summed E-state index contributed by atoms with van der Waals surface area (Å²) < 4.78 is 4.06. The molecule has 4 aromatic heterocycles. The average molecular weight is 372 g/mol. The molecule has 140 valence electrons. The van der Waals surface area contributed by atoms with Gasteiger partial charge in [-0.25, -0.2) is 14.1 Å². The standard InChI is InChI=1S/C21H21N7/c1-12(10-18-24-21-14(3)23-11-13(2)28(21)26-18)20-25-19-15-6-5-9-22-16(15)7-8-17(19)27(20)4/h5-9,11-12H,10H2,1-4H3/p+1. The van der Waals surface area contributed by atoms with E-state index in [0.717, 1.165) is 57.0 Å². The molecule has 0 aliphatic heterocycles. The number of H-pyrrole nitrogens is 1. The molecule has 0 radical (unpaired) electrons. The number of fused-ring (bicyclic) bond motifs is 4. The number of nitrogens with one attached hydrogen (secondary N) is 1. The maximum Gasteiger partial charge on any atom is 0.302 e. The Hall–Kier alpha value is -3.35. The van der Waals surface area contributed by atoms with Crippen molar-refractivity contribution in [3.05, 3.63) is 59.7 Å². The summed E-state index contributed by atoms with van der Waals surface area (Å²) in [7, 11) is 2.08. The van der Waals surface area contributed by atoms with E-state index in [0.29, 0.717) is 0 Å². The Morgan fingerprint density at radius 3 is 2.86 bits per heavy atom. The monoisotopic (exact) mass is 372 g/mol. The van der Waals surface area contributed by atoms with Crippen molar-refractivity contribution in [2.24, 2.45) is 7.05 Å². The zero-order valence-corrected chi connectivity index (χ0v) is 16.4. The van der Waals surface area contributed by atoms with Gasteiger partial charge in [0.25, 0.3) is 0 Å². The molecule has 1 atom stereocenters. The highest BCUT2D eigenvalue weighted by Gasteiger charge is 2.27. The molecule has 0 spiro atoms. The van der Waals surface area contributed by atoms with E-state index >= 15 is 0 Å². The minimum Gasteiger partial charge on any atom is -0.361 e. The zero-order valence-electron chi connectivity index (χ0n) is 16.4. The Bertz CT molecular complexity index is 1310. The first-order chi connectivity index (χ1) is 13.5. The molecular formula is C21H22N7+.